The van der Waals surface area contributed by atoms with Gasteiger partial charge in [0.25, 0.3) is 5.88 Å². The topological polar surface area (TPSA) is 58.5 Å². The van der Waals surface area contributed by atoms with Crippen LogP contribution in [0, 0.1) is 0 Å². The standard InChI is InChI=1S/C17H31N3O2/c1-5-6-7-8-9-10-11-12-13-14-15(21)16(22-4)19-17(18-14)20(2)3/h21H,5-13H2,1-4H3. The first-order chi connectivity index (χ1) is 10.6. The van der Waals surface area contributed by atoms with Crippen molar-refractivity contribution in [3.8, 4) is 11.6 Å². The number of anilines is 1. The Balaban J connectivity index is 2.43. The Kier molecular flexibility index (Phi) is 8.63. The van der Waals surface area contributed by atoms with Crippen LogP contribution in [-0.2, 0) is 6.42 Å². The maximum atomic E-state index is 10.1. The van der Waals surface area contributed by atoms with Crippen molar-refractivity contribution in [1.82, 2.24) is 9.97 Å². The van der Waals surface area contributed by atoms with Gasteiger partial charge in [0, 0.05) is 14.1 Å². The third kappa shape index (κ3) is 6.08. The van der Waals surface area contributed by atoms with Crippen LogP contribution >= 0.6 is 0 Å². The molecule has 0 saturated heterocycles. The number of hydrogen-bond acceptors (Lipinski definition) is 5. The summed E-state index contributed by atoms with van der Waals surface area (Å²) >= 11 is 0. The highest BCUT2D eigenvalue weighted by molar-refractivity contribution is 5.43. The molecule has 0 aromatic carbocycles. The van der Waals surface area contributed by atoms with Crippen LogP contribution in [0.4, 0.5) is 5.95 Å². The predicted molar refractivity (Wildman–Crippen MR) is 90.9 cm³/mol. The van der Waals surface area contributed by atoms with Crippen LogP contribution in [0.2, 0.25) is 0 Å². The summed E-state index contributed by atoms with van der Waals surface area (Å²) in [4.78, 5) is 10.4. The van der Waals surface area contributed by atoms with Crippen molar-refractivity contribution in [2.24, 2.45) is 0 Å². The second-order valence-electron chi connectivity index (χ2n) is 5.95. The van der Waals surface area contributed by atoms with Crippen LogP contribution in [0.1, 0.15) is 64.0 Å². The van der Waals surface area contributed by atoms with Gasteiger partial charge in [0.2, 0.25) is 11.7 Å². The third-order valence-electron chi connectivity index (χ3n) is 3.77. The van der Waals surface area contributed by atoms with Crippen LogP contribution in [0.25, 0.3) is 0 Å². The van der Waals surface area contributed by atoms with E-state index >= 15 is 0 Å². The highest BCUT2D eigenvalue weighted by atomic mass is 16.5. The van der Waals surface area contributed by atoms with Crippen LogP contribution in [0.15, 0.2) is 0 Å². The van der Waals surface area contributed by atoms with E-state index in [1.165, 1.54) is 52.1 Å². The summed E-state index contributed by atoms with van der Waals surface area (Å²) in [5, 5.41) is 10.1. The molecule has 1 aromatic rings. The minimum Gasteiger partial charge on any atom is -0.502 e. The van der Waals surface area contributed by atoms with Crippen molar-refractivity contribution in [1.29, 1.82) is 0 Å². The van der Waals surface area contributed by atoms with Crippen molar-refractivity contribution < 1.29 is 9.84 Å². The molecule has 0 radical (unpaired) electrons. The second-order valence-corrected chi connectivity index (χ2v) is 5.95. The molecule has 0 aliphatic rings. The summed E-state index contributed by atoms with van der Waals surface area (Å²) in [7, 11) is 5.28. The van der Waals surface area contributed by atoms with E-state index in [1.807, 2.05) is 19.0 Å². The molecule has 0 bridgehead atoms. The monoisotopic (exact) mass is 309 g/mol. The average Bonchev–Trinajstić information content (AvgIpc) is 2.51. The lowest BCUT2D eigenvalue weighted by Gasteiger charge is -2.14. The molecule has 1 rings (SSSR count). The van der Waals surface area contributed by atoms with Gasteiger partial charge in [-0.3, -0.25) is 0 Å². The van der Waals surface area contributed by atoms with Crippen LogP contribution < -0.4 is 9.64 Å². The molecular formula is C17H31N3O2. The van der Waals surface area contributed by atoms with E-state index in [4.69, 9.17) is 4.74 Å². The fraction of sp³-hybridized carbons (Fsp3) is 0.765. The molecule has 0 saturated carbocycles. The van der Waals surface area contributed by atoms with Gasteiger partial charge in [-0.1, -0.05) is 51.9 Å². The van der Waals surface area contributed by atoms with E-state index in [1.54, 1.807) is 0 Å². The molecular weight excluding hydrogens is 278 g/mol. The van der Waals surface area contributed by atoms with Gasteiger partial charge in [-0.15, -0.1) is 0 Å². The van der Waals surface area contributed by atoms with Gasteiger partial charge in [0.1, 0.15) is 0 Å². The molecule has 1 heterocycles. The molecule has 22 heavy (non-hydrogen) atoms. The fourth-order valence-electron chi connectivity index (χ4n) is 2.41. The van der Waals surface area contributed by atoms with Crippen LogP contribution in [0.5, 0.6) is 11.6 Å². The summed E-state index contributed by atoms with van der Waals surface area (Å²) < 4.78 is 5.13. The largest absolute Gasteiger partial charge is 0.502 e. The molecule has 0 spiro atoms. The summed E-state index contributed by atoms with van der Waals surface area (Å²) in [6.07, 6.45) is 10.9. The highest BCUT2D eigenvalue weighted by Gasteiger charge is 2.14. The minimum absolute atomic E-state index is 0.0797. The van der Waals surface area contributed by atoms with Crippen molar-refractivity contribution in [2.75, 3.05) is 26.1 Å². The van der Waals surface area contributed by atoms with E-state index in [0.717, 1.165) is 12.8 Å². The molecule has 5 nitrogen and oxygen atoms in total. The molecule has 126 valence electrons. The molecule has 5 heteroatoms. The SMILES string of the molecule is CCCCCCCCCCc1nc(N(C)C)nc(OC)c1O. The van der Waals surface area contributed by atoms with E-state index < -0.39 is 0 Å². The van der Waals surface area contributed by atoms with Crippen LogP contribution in [-0.4, -0.2) is 36.3 Å². The summed E-state index contributed by atoms with van der Waals surface area (Å²) in [6, 6.07) is 0. The number of aromatic hydroxyl groups is 1. The van der Waals surface area contributed by atoms with Crippen molar-refractivity contribution in [3.05, 3.63) is 5.69 Å². The zero-order chi connectivity index (χ0) is 16.4. The quantitative estimate of drug-likeness (QED) is 0.627. The average molecular weight is 309 g/mol. The molecule has 0 atom stereocenters. The summed E-state index contributed by atoms with van der Waals surface area (Å²) in [6.45, 7) is 2.24. The van der Waals surface area contributed by atoms with Gasteiger partial charge in [0.05, 0.1) is 12.8 Å². The van der Waals surface area contributed by atoms with Gasteiger partial charge in [-0.05, 0) is 12.8 Å². The molecule has 0 amide bonds. The maximum absolute atomic E-state index is 10.1. The zero-order valence-corrected chi connectivity index (χ0v) is 14.6. The Morgan fingerprint density at radius 3 is 2.09 bits per heavy atom. The number of aromatic nitrogens is 2. The lowest BCUT2D eigenvalue weighted by atomic mass is 10.1. The molecule has 0 aliphatic carbocycles. The minimum atomic E-state index is 0.0797. The Hall–Kier alpha value is -1.52. The Labute approximate surface area is 134 Å². The molecule has 0 unspecified atom stereocenters. The third-order valence-corrected chi connectivity index (χ3v) is 3.77. The lowest BCUT2D eigenvalue weighted by Crippen LogP contribution is -2.14. The number of nitrogens with zero attached hydrogens (tertiary/aromatic N) is 3. The van der Waals surface area contributed by atoms with Gasteiger partial charge in [0.15, 0.2) is 0 Å². The second kappa shape index (κ2) is 10.2. The van der Waals surface area contributed by atoms with Gasteiger partial charge in [-0.25, -0.2) is 4.98 Å². The zero-order valence-electron chi connectivity index (χ0n) is 14.6. The van der Waals surface area contributed by atoms with E-state index in [0.29, 0.717) is 11.6 Å². The van der Waals surface area contributed by atoms with E-state index in [2.05, 4.69) is 16.9 Å². The summed E-state index contributed by atoms with van der Waals surface area (Å²) in [5.41, 5.74) is 0.682. The van der Waals surface area contributed by atoms with Crippen molar-refractivity contribution in [3.63, 3.8) is 0 Å². The van der Waals surface area contributed by atoms with E-state index in [9.17, 15) is 5.11 Å². The van der Waals surface area contributed by atoms with Crippen LogP contribution in [0.3, 0.4) is 0 Å². The number of methoxy groups -OCH3 is 1. The molecule has 1 aromatic heterocycles. The Morgan fingerprint density at radius 1 is 0.955 bits per heavy atom. The molecule has 0 fully saturated rings. The Morgan fingerprint density at radius 2 is 1.55 bits per heavy atom. The van der Waals surface area contributed by atoms with E-state index in [-0.39, 0.29) is 11.6 Å². The number of aryl methyl sites for hydroxylation is 1. The van der Waals surface area contributed by atoms with Gasteiger partial charge in [-0.2, -0.15) is 4.98 Å². The highest BCUT2D eigenvalue weighted by Crippen LogP contribution is 2.29. The lowest BCUT2D eigenvalue weighted by molar-refractivity contribution is 0.353. The van der Waals surface area contributed by atoms with Gasteiger partial charge >= 0.3 is 0 Å². The maximum Gasteiger partial charge on any atom is 0.261 e. The Bertz CT molecular complexity index is 436. The molecule has 1 N–H and O–H groups in total. The van der Waals surface area contributed by atoms with Gasteiger partial charge < -0.3 is 14.7 Å². The normalized spacial score (nSPS) is 10.7. The number of hydrogen-bond donors (Lipinski definition) is 1. The number of rotatable bonds is 11. The number of ether oxygens (including phenoxy) is 1. The first-order valence-electron chi connectivity index (χ1n) is 8.41. The van der Waals surface area contributed by atoms with Crippen molar-refractivity contribution >= 4 is 5.95 Å². The molecule has 0 aliphatic heterocycles. The number of unbranched alkanes of at least 4 members (excludes halogenated alkanes) is 7. The first-order valence-corrected chi connectivity index (χ1v) is 8.41. The predicted octanol–water partition coefficient (Wildman–Crippen LogP) is 3.94. The summed E-state index contributed by atoms with van der Waals surface area (Å²) in [5.74, 6) is 0.911. The smallest absolute Gasteiger partial charge is 0.261 e. The van der Waals surface area contributed by atoms with Crippen molar-refractivity contribution in [2.45, 2.75) is 64.7 Å². The first kappa shape index (κ1) is 18.5. The fourth-order valence-corrected chi connectivity index (χ4v) is 2.41.